The minimum atomic E-state index is -0.429. The van der Waals surface area contributed by atoms with Gasteiger partial charge in [-0.1, -0.05) is 5.16 Å². The van der Waals surface area contributed by atoms with E-state index in [2.05, 4.69) is 25.5 Å². The molecule has 9 nitrogen and oxygen atoms in total. The Kier molecular flexibility index (Phi) is 4.52. The first-order chi connectivity index (χ1) is 11.6. The maximum Gasteiger partial charge on any atom is 0.257 e. The van der Waals surface area contributed by atoms with Gasteiger partial charge in [-0.3, -0.25) is 4.79 Å². The number of nitrogens with zero attached hydrogens (tertiary/aromatic N) is 5. The van der Waals surface area contributed by atoms with Crippen LogP contribution in [0.25, 0.3) is 5.65 Å². The number of fused-ring (bicyclic) bond motifs is 1. The lowest BCUT2D eigenvalue weighted by atomic mass is 10.2. The number of amides is 1. The van der Waals surface area contributed by atoms with Crippen molar-refractivity contribution in [2.45, 2.75) is 26.3 Å². The summed E-state index contributed by atoms with van der Waals surface area (Å²) < 4.78 is 11.7. The number of hydrogen-bond acceptors (Lipinski definition) is 7. The van der Waals surface area contributed by atoms with E-state index < -0.39 is 6.04 Å². The number of nitrogens with one attached hydrogen (secondary N) is 1. The number of hydrogen-bond donors (Lipinski definition) is 1. The molecule has 3 rings (SSSR count). The zero-order chi connectivity index (χ0) is 17.1. The van der Waals surface area contributed by atoms with Crippen LogP contribution in [-0.2, 0) is 11.2 Å². The van der Waals surface area contributed by atoms with Crippen LogP contribution in [0.15, 0.2) is 23.1 Å². The van der Waals surface area contributed by atoms with Gasteiger partial charge in [0, 0.05) is 25.9 Å². The van der Waals surface area contributed by atoms with E-state index in [9.17, 15) is 4.79 Å². The van der Waals surface area contributed by atoms with Gasteiger partial charge in [0.15, 0.2) is 11.5 Å². The minimum Gasteiger partial charge on any atom is -0.384 e. The highest BCUT2D eigenvalue weighted by Gasteiger charge is 2.20. The summed E-state index contributed by atoms with van der Waals surface area (Å²) in [5.41, 5.74) is 1.85. The number of carbonyl (C=O) groups is 1. The zero-order valence-electron chi connectivity index (χ0n) is 13.7. The second-order valence-electron chi connectivity index (χ2n) is 5.44. The molecule has 3 heterocycles. The summed E-state index contributed by atoms with van der Waals surface area (Å²) in [6.45, 7) is 4.19. The molecule has 9 heteroatoms. The summed E-state index contributed by atoms with van der Waals surface area (Å²) >= 11 is 0. The molecule has 0 radical (unpaired) electrons. The van der Waals surface area contributed by atoms with Crippen LogP contribution in [0.3, 0.4) is 0 Å². The number of ether oxygens (including phenoxy) is 1. The molecule has 1 amide bonds. The van der Waals surface area contributed by atoms with Crippen molar-refractivity contribution in [2.75, 3.05) is 13.7 Å². The smallest absolute Gasteiger partial charge is 0.257 e. The first-order valence-corrected chi connectivity index (χ1v) is 7.50. The molecular formula is C15H18N6O3. The van der Waals surface area contributed by atoms with Crippen LogP contribution >= 0.6 is 0 Å². The SMILES string of the molecule is COCCc1noc([C@@H](C)NC(=O)c2cnn3cc(C)cnc23)n1. The van der Waals surface area contributed by atoms with Crippen molar-refractivity contribution in [3.05, 3.63) is 41.4 Å². The Balaban J connectivity index is 1.72. The fourth-order valence-corrected chi connectivity index (χ4v) is 2.20. The number of aryl methyl sites for hydroxylation is 1. The van der Waals surface area contributed by atoms with Gasteiger partial charge in [0.05, 0.1) is 12.8 Å². The summed E-state index contributed by atoms with van der Waals surface area (Å²) in [6, 6.07) is -0.429. The van der Waals surface area contributed by atoms with E-state index in [1.54, 1.807) is 24.7 Å². The molecule has 0 aromatic carbocycles. The molecule has 1 N–H and O–H groups in total. The molecule has 0 fully saturated rings. The summed E-state index contributed by atoms with van der Waals surface area (Å²) in [4.78, 5) is 21.0. The fraction of sp³-hybridized carbons (Fsp3) is 0.400. The van der Waals surface area contributed by atoms with Crippen molar-refractivity contribution in [1.29, 1.82) is 0 Å². The Morgan fingerprint density at radius 2 is 2.29 bits per heavy atom. The van der Waals surface area contributed by atoms with Gasteiger partial charge >= 0.3 is 0 Å². The molecule has 0 bridgehead atoms. The van der Waals surface area contributed by atoms with Crippen LogP contribution in [-0.4, -0.2) is 44.4 Å². The molecule has 24 heavy (non-hydrogen) atoms. The van der Waals surface area contributed by atoms with Crippen LogP contribution in [0.4, 0.5) is 0 Å². The van der Waals surface area contributed by atoms with Gasteiger partial charge < -0.3 is 14.6 Å². The first kappa shape index (κ1) is 16.1. The average molecular weight is 330 g/mol. The Bertz CT molecular complexity index is 856. The maximum atomic E-state index is 12.5. The summed E-state index contributed by atoms with van der Waals surface area (Å²) in [6.07, 6.45) is 5.54. The predicted octanol–water partition coefficient (Wildman–Crippen LogP) is 1.10. The van der Waals surface area contributed by atoms with Crippen molar-refractivity contribution >= 4 is 11.6 Å². The normalized spacial score (nSPS) is 12.5. The van der Waals surface area contributed by atoms with Crippen LogP contribution in [0.2, 0.25) is 0 Å². The highest BCUT2D eigenvalue weighted by molar-refractivity contribution is 5.99. The average Bonchev–Trinajstić information content (AvgIpc) is 3.19. The Hall–Kier alpha value is -2.81. The molecule has 0 aliphatic heterocycles. The molecule has 0 unspecified atom stereocenters. The van der Waals surface area contributed by atoms with Crippen molar-refractivity contribution in [1.82, 2.24) is 30.1 Å². The van der Waals surface area contributed by atoms with Crippen molar-refractivity contribution < 1.29 is 14.1 Å². The Morgan fingerprint density at radius 3 is 3.08 bits per heavy atom. The van der Waals surface area contributed by atoms with Crippen LogP contribution in [0.1, 0.15) is 40.6 Å². The molecule has 3 aromatic rings. The number of carbonyl (C=O) groups excluding carboxylic acids is 1. The largest absolute Gasteiger partial charge is 0.384 e. The van der Waals surface area contributed by atoms with E-state index in [0.29, 0.717) is 36.0 Å². The molecular weight excluding hydrogens is 312 g/mol. The summed E-state index contributed by atoms with van der Waals surface area (Å²) in [7, 11) is 1.61. The quantitative estimate of drug-likeness (QED) is 0.721. The number of aromatic nitrogens is 5. The van der Waals surface area contributed by atoms with Gasteiger partial charge in [0.2, 0.25) is 5.89 Å². The molecule has 0 aliphatic carbocycles. The van der Waals surface area contributed by atoms with Crippen molar-refractivity contribution in [3.8, 4) is 0 Å². The highest BCUT2D eigenvalue weighted by atomic mass is 16.5. The summed E-state index contributed by atoms with van der Waals surface area (Å²) in [5, 5.41) is 10.8. The lowest BCUT2D eigenvalue weighted by molar-refractivity contribution is 0.0934. The molecule has 3 aromatic heterocycles. The van der Waals surface area contributed by atoms with E-state index in [0.717, 1.165) is 5.56 Å². The zero-order valence-corrected chi connectivity index (χ0v) is 13.7. The standard InChI is InChI=1S/C15H18N6O3/c1-9-6-16-13-11(7-17-21(13)8-9)14(22)18-10(2)15-19-12(20-24-15)4-5-23-3/h6-8,10H,4-5H2,1-3H3,(H,18,22)/t10-/m1/s1. The molecule has 0 saturated carbocycles. The van der Waals surface area contributed by atoms with Gasteiger partial charge in [-0.2, -0.15) is 10.1 Å². The van der Waals surface area contributed by atoms with E-state index in [1.165, 1.54) is 6.20 Å². The fourth-order valence-electron chi connectivity index (χ4n) is 2.20. The molecule has 0 saturated heterocycles. The van der Waals surface area contributed by atoms with Gasteiger partial charge in [-0.05, 0) is 19.4 Å². The third-order valence-corrected chi connectivity index (χ3v) is 3.46. The maximum absolute atomic E-state index is 12.5. The van der Waals surface area contributed by atoms with Crippen molar-refractivity contribution in [2.24, 2.45) is 0 Å². The highest BCUT2D eigenvalue weighted by Crippen LogP contribution is 2.13. The number of rotatable bonds is 6. The molecule has 1 atom stereocenters. The van der Waals surface area contributed by atoms with Crippen LogP contribution in [0, 0.1) is 6.92 Å². The Morgan fingerprint density at radius 1 is 1.46 bits per heavy atom. The Labute approximate surface area is 138 Å². The summed E-state index contributed by atoms with van der Waals surface area (Å²) in [5.74, 6) is 0.585. The van der Waals surface area contributed by atoms with Gasteiger partial charge in [-0.15, -0.1) is 0 Å². The molecule has 0 aliphatic rings. The topological polar surface area (TPSA) is 107 Å². The van der Waals surface area contributed by atoms with Crippen LogP contribution in [0.5, 0.6) is 0 Å². The van der Waals surface area contributed by atoms with E-state index >= 15 is 0 Å². The van der Waals surface area contributed by atoms with Gasteiger partial charge in [0.25, 0.3) is 5.91 Å². The lowest BCUT2D eigenvalue weighted by Gasteiger charge is -2.08. The second-order valence-corrected chi connectivity index (χ2v) is 5.44. The van der Waals surface area contributed by atoms with E-state index in [4.69, 9.17) is 9.26 Å². The number of methoxy groups -OCH3 is 1. The first-order valence-electron chi connectivity index (χ1n) is 7.50. The predicted molar refractivity (Wildman–Crippen MR) is 83.5 cm³/mol. The van der Waals surface area contributed by atoms with Gasteiger partial charge in [0.1, 0.15) is 11.6 Å². The van der Waals surface area contributed by atoms with Crippen molar-refractivity contribution in [3.63, 3.8) is 0 Å². The third kappa shape index (κ3) is 3.25. The van der Waals surface area contributed by atoms with E-state index in [1.807, 2.05) is 13.1 Å². The van der Waals surface area contributed by atoms with Crippen LogP contribution < -0.4 is 5.32 Å². The molecule has 126 valence electrons. The monoisotopic (exact) mass is 330 g/mol. The van der Waals surface area contributed by atoms with Gasteiger partial charge in [-0.25, -0.2) is 9.50 Å². The van der Waals surface area contributed by atoms with E-state index in [-0.39, 0.29) is 5.91 Å². The third-order valence-electron chi connectivity index (χ3n) is 3.46. The lowest BCUT2D eigenvalue weighted by Crippen LogP contribution is -2.27. The minimum absolute atomic E-state index is 0.300. The second kappa shape index (κ2) is 6.75. The molecule has 0 spiro atoms.